The lowest BCUT2D eigenvalue weighted by atomic mass is 9.90. The summed E-state index contributed by atoms with van der Waals surface area (Å²) in [6.45, 7) is 0. The second-order valence-electron chi connectivity index (χ2n) is 35.9. The molecule has 0 N–H and O–H groups in total. The van der Waals surface area contributed by atoms with Gasteiger partial charge in [0.2, 0.25) is 0 Å². The fourth-order valence-electron chi connectivity index (χ4n) is 22.1. The Bertz CT molecular complexity index is 8640. The van der Waals surface area contributed by atoms with Gasteiger partial charge in [-0.3, -0.25) is 0 Å². The van der Waals surface area contributed by atoms with Crippen LogP contribution in [0.5, 0.6) is 0 Å². The van der Waals surface area contributed by atoms with E-state index in [1.165, 1.54) is 112 Å². The van der Waals surface area contributed by atoms with Crippen LogP contribution in [-0.4, -0.2) is 20.7 Å². The largest absolute Gasteiger partial charge is 0.455 e. The standard InChI is InChI=1S/C66H46N2OSi.C64H45NOSi/c1-4-17-54(18-5-1)70(55-19-6-2-7-20-55,56-21-8-3-9-22-56)57-45-35-48(36-46-57)47-31-37-50(38-32-47)67(51-39-33-49(34-40-51)58-26-16-27-62-61-25-12-15-30-65(61)69-66(58)62)52-41-43-53(44-42-52)68-63-28-13-10-23-59(63)60-24-11-14-29-64(60)68;1-4-16-54(17-5-1)67(55-18-6-2-7-19-55,56-20-8-3-9-21-56)57-40-34-45(35-41-57)44-30-36-51(37-31-44)65(53-42-49-28-26-47-14-12-15-48-27-29-50(43-53)63(49)62(47)48)52-38-32-46(33-39-52)58-23-13-24-60-59-22-10-11-25-61(59)66-64(58)60/h1-46H;1-26,29-43H,27-28H2. The maximum Gasteiger partial charge on any atom is 0.179 e. The van der Waals surface area contributed by atoms with Crippen molar-refractivity contribution in [3.63, 3.8) is 0 Å². The average Bonchev–Trinajstić information content (AvgIpc) is 1.72. The molecule has 24 aromatic rings. The summed E-state index contributed by atoms with van der Waals surface area (Å²) in [5.74, 6) is 0. The summed E-state index contributed by atoms with van der Waals surface area (Å²) in [4.78, 5) is 4.78. The molecule has 3 aromatic heterocycles. The van der Waals surface area contributed by atoms with Crippen molar-refractivity contribution in [1.29, 1.82) is 0 Å². The van der Waals surface area contributed by atoms with Crippen molar-refractivity contribution in [2.45, 2.75) is 12.8 Å². The molecule has 0 atom stereocenters. The van der Waals surface area contributed by atoms with Crippen LogP contribution in [0.1, 0.15) is 11.1 Å². The number of rotatable bonds is 19. The van der Waals surface area contributed by atoms with Gasteiger partial charge in [0.05, 0.1) is 11.0 Å². The molecular weight excluding hydrogens is 1690 g/mol. The van der Waals surface area contributed by atoms with E-state index in [0.29, 0.717) is 0 Å². The van der Waals surface area contributed by atoms with Gasteiger partial charge in [-0.05, 0) is 229 Å². The minimum Gasteiger partial charge on any atom is -0.455 e. The summed E-state index contributed by atoms with van der Waals surface area (Å²) < 4.78 is 15.3. The molecule has 7 heteroatoms. The number of aromatic nitrogens is 1. The Balaban J connectivity index is 0.000000146. The maximum absolute atomic E-state index is 6.48. The third kappa shape index (κ3) is 14.3. The smallest absolute Gasteiger partial charge is 0.179 e. The van der Waals surface area contributed by atoms with Gasteiger partial charge in [-0.2, -0.15) is 0 Å². The van der Waals surface area contributed by atoms with Gasteiger partial charge in [0.25, 0.3) is 0 Å². The summed E-state index contributed by atoms with van der Waals surface area (Å²) in [7, 11) is -5.25. The van der Waals surface area contributed by atoms with Gasteiger partial charge in [0, 0.05) is 83.3 Å². The molecule has 2 aliphatic carbocycles. The van der Waals surface area contributed by atoms with Crippen molar-refractivity contribution in [2.75, 3.05) is 9.80 Å². The molecule has 0 unspecified atom stereocenters. The van der Waals surface area contributed by atoms with Gasteiger partial charge >= 0.3 is 0 Å². The van der Waals surface area contributed by atoms with Crippen LogP contribution in [0, 0.1) is 10.4 Å². The van der Waals surface area contributed by atoms with Gasteiger partial charge in [0.1, 0.15) is 22.3 Å². The molecule has 5 nitrogen and oxygen atoms in total. The minimum absolute atomic E-state index is 0.901. The molecule has 0 saturated heterocycles. The lowest BCUT2D eigenvalue weighted by Gasteiger charge is -2.34. The normalized spacial score (nSPS) is 12.1. The minimum atomic E-state index is -2.63. The molecule has 0 bridgehead atoms. The Morgan fingerprint density at radius 3 is 0.891 bits per heavy atom. The van der Waals surface area contributed by atoms with E-state index in [0.717, 1.165) is 124 Å². The summed E-state index contributed by atoms with van der Waals surface area (Å²) >= 11 is 0. The number of hydrogen-bond donors (Lipinski definition) is 0. The zero-order chi connectivity index (χ0) is 90.8. The van der Waals surface area contributed by atoms with Crippen molar-refractivity contribution in [3.8, 4) is 50.2 Å². The van der Waals surface area contributed by atoms with E-state index in [2.05, 4.69) is 524 Å². The first-order valence-electron chi connectivity index (χ1n) is 47.3. The van der Waals surface area contributed by atoms with E-state index in [9.17, 15) is 0 Å². The Labute approximate surface area is 797 Å². The van der Waals surface area contributed by atoms with Gasteiger partial charge in [-0.1, -0.05) is 419 Å². The van der Waals surface area contributed by atoms with E-state index >= 15 is 0 Å². The molecule has 26 rings (SSSR count). The molecule has 0 saturated carbocycles. The van der Waals surface area contributed by atoms with Gasteiger partial charge in [-0.25, -0.2) is 0 Å². The maximum atomic E-state index is 6.48. The zero-order valence-corrected chi connectivity index (χ0v) is 77.3. The van der Waals surface area contributed by atoms with Crippen LogP contribution in [0.2, 0.25) is 0 Å². The molecule has 0 amide bonds. The van der Waals surface area contributed by atoms with Crippen LogP contribution in [-0.2, 0) is 12.8 Å². The van der Waals surface area contributed by atoms with E-state index < -0.39 is 16.1 Å². The number of benzene rings is 21. The zero-order valence-electron chi connectivity index (χ0n) is 75.3. The molecular formula is C130H91N3O2Si2. The Hall–Kier alpha value is -17.2. The fraction of sp³-hybridized carbons (Fsp3) is 0.0154. The van der Waals surface area contributed by atoms with Crippen LogP contribution >= 0.6 is 0 Å². The number of anilines is 6. The van der Waals surface area contributed by atoms with Gasteiger partial charge < -0.3 is 23.2 Å². The molecule has 0 radical (unpaired) electrons. The fourth-order valence-corrected chi connectivity index (χ4v) is 31.6. The first-order valence-corrected chi connectivity index (χ1v) is 51.3. The average molecular weight is 1780 g/mol. The lowest BCUT2D eigenvalue weighted by molar-refractivity contribution is 0.669. The monoisotopic (exact) mass is 1780 g/mol. The highest BCUT2D eigenvalue weighted by Crippen LogP contribution is 2.44. The van der Waals surface area contributed by atoms with Crippen molar-refractivity contribution in [3.05, 3.63) is 548 Å². The first-order chi connectivity index (χ1) is 67.9. The number of nitrogens with zero attached hydrogens (tertiary/aromatic N) is 3. The Kier molecular flexibility index (Phi) is 20.7. The topological polar surface area (TPSA) is 37.7 Å². The van der Waals surface area contributed by atoms with Crippen LogP contribution < -0.4 is 61.7 Å². The summed E-state index contributed by atoms with van der Waals surface area (Å²) in [5.41, 5.74) is 25.6. The summed E-state index contributed by atoms with van der Waals surface area (Å²) in [5, 5.41) is 23.5. The van der Waals surface area contributed by atoms with E-state index in [1.54, 1.807) is 0 Å². The van der Waals surface area contributed by atoms with Crippen LogP contribution in [0.3, 0.4) is 0 Å². The molecule has 646 valence electrons. The second-order valence-corrected chi connectivity index (χ2v) is 43.5. The van der Waals surface area contributed by atoms with Crippen LogP contribution in [0.4, 0.5) is 34.1 Å². The van der Waals surface area contributed by atoms with E-state index in [4.69, 9.17) is 8.83 Å². The summed E-state index contributed by atoms with van der Waals surface area (Å²) in [6, 6.07) is 189. The number of hydrogen-bond acceptors (Lipinski definition) is 4. The first kappa shape index (κ1) is 81.8. The molecule has 0 fully saturated rings. The molecule has 137 heavy (non-hydrogen) atoms. The molecule has 21 aromatic carbocycles. The predicted molar refractivity (Wildman–Crippen MR) is 580 cm³/mol. The van der Waals surface area contributed by atoms with E-state index in [-0.39, 0.29) is 0 Å². The number of furan rings is 2. The third-order valence-corrected chi connectivity index (χ3v) is 38.0. The lowest BCUT2D eigenvalue weighted by Crippen LogP contribution is -2.74. The molecule has 2 aliphatic rings. The van der Waals surface area contributed by atoms with Crippen LogP contribution in [0.15, 0.2) is 524 Å². The number of para-hydroxylation sites is 6. The molecule has 3 heterocycles. The van der Waals surface area contributed by atoms with E-state index in [1.807, 2.05) is 18.2 Å². The van der Waals surface area contributed by atoms with Gasteiger partial charge in [0.15, 0.2) is 16.1 Å². The summed E-state index contributed by atoms with van der Waals surface area (Å²) in [6.07, 6.45) is 6.68. The van der Waals surface area contributed by atoms with Crippen molar-refractivity contribution in [2.24, 2.45) is 0 Å². The predicted octanol–water partition coefficient (Wildman–Crippen LogP) is 26.6. The van der Waals surface area contributed by atoms with Crippen molar-refractivity contribution in [1.82, 2.24) is 4.57 Å². The highest BCUT2D eigenvalue weighted by atomic mass is 28.3. The quantitative estimate of drug-likeness (QED) is 0.0597. The SMILES string of the molecule is C1=c2cccc3c2=c2c(cc(N(c4ccc(-c5ccc([Si](c6ccccc6)(c6ccccc6)c6ccccc6)cc5)cc4)c4ccc(-c5cccc6c5oc5ccccc56)cc4)cc2=CC3)C1.c1ccc([Si](c2ccccc2)(c2ccccc2)c2ccc(-c3ccc(N(c4ccc(-c5cccc6c5oc5ccccc56)cc4)c4ccc(-n5c6ccccc6c6ccccc65)cc4)cc3)cc2)cc1. The molecule has 0 aliphatic heterocycles. The third-order valence-electron chi connectivity index (χ3n) is 28.4. The highest BCUT2D eigenvalue weighted by molar-refractivity contribution is 7.20. The Morgan fingerprint density at radius 2 is 0.496 bits per heavy atom. The Morgan fingerprint density at radius 1 is 0.204 bits per heavy atom. The van der Waals surface area contributed by atoms with Crippen LogP contribution in [0.25, 0.3) is 128 Å². The molecule has 0 spiro atoms. The highest BCUT2D eigenvalue weighted by Gasteiger charge is 2.43. The number of fused-ring (bicyclic) bond motifs is 9. The van der Waals surface area contributed by atoms with Gasteiger partial charge in [-0.15, -0.1) is 0 Å². The van der Waals surface area contributed by atoms with Crippen molar-refractivity contribution < 1.29 is 8.83 Å². The van der Waals surface area contributed by atoms with Crippen molar-refractivity contribution >= 4 is 170 Å². The second kappa shape index (κ2) is 34.7.